The van der Waals surface area contributed by atoms with Crippen molar-refractivity contribution in [1.82, 2.24) is 14.8 Å². The highest BCUT2D eigenvalue weighted by molar-refractivity contribution is 5.99. The quantitative estimate of drug-likeness (QED) is 0.567. The molecule has 0 unspecified atom stereocenters. The Morgan fingerprint density at radius 2 is 1.76 bits per heavy atom. The van der Waals surface area contributed by atoms with Crippen molar-refractivity contribution < 1.29 is 14.0 Å². The maximum atomic E-state index is 13.4. The molecule has 7 heteroatoms. The van der Waals surface area contributed by atoms with Gasteiger partial charge in [0.05, 0.1) is 12.8 Å². The van der Waals surface area contributed by atoms with Gasteiger partial charge >= 0.3 is 0 Å². The SMILES string of the molecule is CC[C@@H](C)n1cc(C(=O)NCc2ccco2)c(=O)c(C(=O)N2CCC(c3ccccc3)CC2)c1. The third-order valence-electron chi connectivity index (χ3n) is 6.68. The molecule has 1 aromatic carbocycles. The van der Waals surface area contributed by atoms with Gasteiger partial charge in [-0.25, -0.2) is 0 Å². The predicted octanol–water partition coefficient (Wildman–Crippen LogP) is 4.36. The van der Waals surface area contributed by atoms with Gasteiger partial charge in [0.25, 0.3) is 11.8 Å². The first kappa shape index (κ1) is 23.5. The summed E-state index contributed by atoms with van der Waals surface area (Å²) in [6, 6.07) is 13.8. The van der Waals surface area contributed by atoms with Crippen molar-refractivity contribution in [2.24, 2.45) is 0 Å². The maximum absolute atomic E-state index is 13.4. The number of carbonyl (C=O) groups excluding carboxylic acids is 2. The smallest absolute Gasteiger partial charge is 0.259 e. The molecule has 1 N–H and O–H groups in total. The Bertz CT molecular complexity index is 1180. The van der Waals surface area contributed by atoms with Crippen LogP contribution in [0.25, 0.3) is 0 Å². The highest BCUT2D eigenvalue weighted by Gasteiger charge is 2.28. The molecular formula is C27H31N3O4. The lowest BCUT2D eigenvalue weighted by Crippen LogP contribution is -2.41. The molecule has 1 fully saturated rings. The fourth-order valence-electron chi connectivity index (χ4n) is 4.36. The second kappa shape index (κ2) is 10.5. The van der Waals surface area contributed by atoms with Gasteiger partial charge in [-0.2, -0.15) is 0 Å². The molecule has 0 radical (unpaired) electrons. The first-order valence-electron chi connectivity index (χ1n) is 11.9. The second-order valence-electron chi connectivity index (χ2n) is 8.86. The van der Waals surface area contributed by atoms with Crippen LogP contribution in [0.15, 0.2) is 70.3 Å². The first-order chi connectivity index (χ1) is 16.5. The van der Waals surface area contributed by atoms with Crippen molar-refractivity contribution in [2.45, 2.75) is 51.6 Å². The zero-order chi connectivity index (χ0) is 24.1. The molecule has 0 saturated carbocycles. The van der Waals surface area contributed by atoms with Gasteiger partial charge in [-0.3, -0.25) is 14.4 Å². The van der Waals surface area contributed by atoms with Crippen molar-refractivity contribution in [2.75, 3.05) is 13.1 Å². The van der Waals surface area contributed by atoms with Crippen molar-refractivity contribution in [3.05, 3.63) is 93.8 Å². The summed E-state index contributed by atoms with van der Waals surface area (Å²) >= 11 is 0. The number of pyridine rings is 1. The van der Waals surface area contributed by atoms with Crippen molar-refractivity contribution in [1.29, 1.82) is 0 Å². The molecule has 1 aliphatic heterocycles. The fourth-order valence-corrected chi connectivity index (χ4v) is 4.36. The van der Waals surface area contributed by atoms with Gasteiger partial charge in [0, 0.05) is 31.5 Å². The number of piperidine rings is 1. The standard InChI is InChI=1S/C27H31N3O4/c1-3-19(2)30-17-23(26(32)28-16-22-10-7-15-34-22)25(31)24(18-30)27(33)29-13-11-21(12-14-29)20-8-5-4-6-9-20/h4-10,15,17-19,21H,3,11-14,16H2,1-2H3,(H,28,32)/t19-/m1/s1. The lowest BCUT2D eigenvalue weighted by atomic mass is 9.89. The van der Waals surface area contributed by atoms with Gasteiger partial charge in [-0.05, 0) is 49.8 Å². The molecule has 178 valence electrons. The molecule has 1 saturated heterocycles. The number of carbonyl (C=O) groups is 2. The van der Waals surface area contributed by atoms with Crippen LogP contribution in [-0.4, -0.2) is 34.4 Å². The third kappa shape index (κ3) is 5.14. The third-order valence-corrected chi connectivity index (χ3v) is 6.68. The molecule has 2 aromatic heterocycles. The van der Waals surface area contributed by atoms with Gasteiger partial charge < -0.3 is 19.2 Å². The van der Waals surface area contributed by atoms with Gasteiger partial charge in [0.1, 0.15) is 16.9 Å². The number of nitrogens with one attached hydrogen (secondary N) is 1. The van der Waals surface area contributed by atoms with E-state index in [0.29, 0.717) is 24.8 Å². The zero-order valence-corrected chi connectivity index (χ0v) is 19.7. The topological polar surface area (TPSA) is 84.5 Å². The van der Waals surface area contributed by atoms with Crippen LogP contribution in [0, 0.1) is 0 Å². The Kier molecular flexibility index (Phi) is 7.30. The number of aromatic nitrogens is 1. The van der Waals surface area contributed by atoms with Crippen LogP contribution in [-0.2, 0) is 6.54 Å². The van der Waals surface area contributed by atoms with E-state index in [0.717, 1.165) is 19.3 Å². The number of furan rings is 1. The number of amides is 2. The normalized spacial score (nSPS) is 15.2. The molecule has 7 nitrogen and oxygen atoms in total. The zero-order valence-electron chi connectivity index (χ0n) is 19.7. The van der Waals surface area contributed by atoms with Crippen LogP contribution in [0.5, 0.6) is 0 Å². The molecule has 1 aliphatic rings. The molecule has 2 amide bonds. The summed E-state index contributed by atoms with van der Waals surface area (Å²) in [5.41, 5.74) is 0.761. The molecule has 1 atom stereocenters. The predicted molar refractivity (Wildman–Crippen MR) is 130 cm³/mol. The molecule has 3 aromatic rings. The van der Waals surface area contributed by atoms with Crippen molar-refractivity contribution in [3.8, 4) is 0 Å². The Morgan fingerprint density at radius 1 is 1.06 bits per heavy atom. The highest BCUT2D eigenvalue weighted by atomic mass is 16.3. The van der Waals surface area contributed by atoms with Crippen LogP contribution >= 0.6 is 0 Å². The number of likely N-dealkylation sites (tertiary alicyclic amines) is 1. The Labute approximate surface area is 199 Å². The summed E-state index contributed by atoms with van der Waals surface area (Å²) < 4.78 is 7.05. The van der Waals surface area contributed by atoms with Crippen molar-refractivity contribution in [3.63, 3.8) is 0 Å². The van der Waals surface area contributed by atoms with Crippen LogP contribution in [0.3, 0.4) is 0 Å². The van der Waals surface area contributed by atoms with E-state index in [1.54, 1.807) is 34.0 Å². The van der Waals surface area contributed by atoms with Crippen LogP contribution in [0.4, 0.5) is 0 Å². The summed E-state index contributed by atoms with van der Waals surface area (Å²) in [7, 11) is 0. The van der Waals surface area contributed by atoms with E-state index < -0.39 is 11.3 Å². The number of hydrogen-bond donors (Lipinski definition) is 1. The van der Waals surface area contributed by atoms with E-state index in [9.17, 15) is 14.4 Å². The number of benzene rings is 1. The van der Waals surface area contributed by atoms with E-state index >= 15 is 0 Å². The molecule has 34 heavy (non-hydrogen) atoms. The minimum Gasteiger partial charge on any atom is -0.467 e. The summed E-state index contributed by atoms with van der Waals surface area (Å²) in [5.74, 6) is 0.162. The fraction of sp³-hybridized carbons (Fsp3) is 0.370. The van der Waals surface area contributed by atoms with Gasteiger partial charge in [-0.1, -0.05) is 37.3 Å². The summed E-state index contributed by atoms with van der Waals surface area (Å²) in [6.07, 6.45) is 7.17. The lowest BCUT2D eigenvalue weighted by molar-refractivity contribution is 0.0710. The average Bonchev–Trinajstić information content (AvgIpc) is 3.41. The van der Waals surface area contributed by atoms with Gasteiger partial charge in [0.15, 0.2) is 0 Å². The molecular weight excluding hydrogens is 430 g/mol. The molecule has 3 heterocycles. The lowest BCUT2D eigenvalue weighted by Gasteiger charge is -2.32. The van der Waals surface area contributed by atoms with E-state index in [2.05, 4.69) is 17.4 Å². The van der Waals surface area contributed by atoms with Gasteiger partial charge in [0.2, 0.25) is 5.43 Å². The summed E-state index contributed by atoms with van der Waals surface area (Å²) in [6.45, 7) is 5.34. The molecule has 0 bridgehead atoms. The first-order valence-corrected chi connectivity index (χ1v) is 11.9. The van der Waals surface area contributed by atoms with E-state index in [-0.39, 0.29) is 29.6 Å². The van der Waals surface area contributed by atoms with Crippen LogP contribution in [0.1, 0.15) is 77.1 Å². The summed E-state index contributed by atoms with van der Waals surface area (Å²) in [4.78, 5) is 41.3. The summed E-state index contributed by atoms with van der Waals surface area (Å²) in [5, 5.41) is 2.73. The minimum absolute atomic E-state index is 0.0307. The Balaban J connectivity index is 1.55. The average molecular weight is 462 g/mol. The van der Waals surface area contributed by atoms with Crippen LogP contribution < -0.4 is 10.7 Å². The number of nitrogens with zero attached hydrogens (tertiary/aromatic N) is 2. The van der Waals surface area contributed by atoms with Crippen molar-refractivity contribution >= 4 is 11.8 Å². The Morgan fingerprint density at radius 3 is 2.41 bits per heavy atom. The minimum atomic E-state index is -0.535. The van der Waals surface area contributed by atoms with E-state index in [1.165, 1.54) is 11.8 Å². The van der Waals surface area contributed by atoms with E-state index in [1.807, 2.05) is 32.0 Å². The maximum Gasteiger partial charge on any atom is 0.259 e. The highest BCUT2D eigenvalue weighted by Crippen LogP contribution is 2.28. The molecule has 0 spiro atoms. The van der Waals surface area contributed by atoms with Gasteiger partial charge in [-0.15, -0.1) is 0 Å². The number of hydrogen-bond acceptors (Lipinski definition) is 4. The van der Waals surface area contributed by atoms with E-state index in [4.69, 9.17) is 4.42 Å². The van der Waals surface area contributed by atoms with Crippen LogP contribution in [0.2, 0.25) is 0 Å². The monoisotopic (exact) mass is 461 g/mol. The second-order valence-corrected chi connectivity index (χ2v) is 8.86. The Hall–Kier alpha value is -3.61. The molecule has 0 aliphatic carbocycles. The largest absolute Gasteiger partial charge is 0.467 e. The molecule has 4 rings (SSSR count). The number of rotatable bonds is 7.